The molecule has 0 radical (unpaired) electrons. The second-order valence-corrected chi connectivity index (χ2v) is 14.5. The van der Waals surface area contributed by atoms with Gasteiger partial charge in [-0.3, -0.25) is 19.6 Å². The van der Waals surface area contributed by atoms with Crippen molar-refractivity contribution in [2.75, 3.05) is 48.0 Å². The molecule has 0 bridgehead atoms. The van der Waals surface area contributed by atoms with Crippen LogP contribution in [-0.2, 0) is 22.2 Å². The van der Waals surface area contributed by atoms with Gasteiger partial charge < -0.3 is 39.7 Å². The number of aromatic nitrogens is 4. The number of anilines is 6. The minimum Gasteiger partial charge on any atom is -0.495 e. The third-order valence-corrected chi connectivity index (χ3v) is 9.91. The van der Waals surface area contributed by atoms with E-state index in [0.29, 0.717) is 46.6 Å². The molecule has 0 atom stereocenters. The molecule has 14 nitrogen and oxygen atoms in total. The second kappa shape index (κ2) is 20.4. The Morgan fingerprint density at radius 1 is 0.730 bits per heavy atom. The third-order valence-electron chi connectivity index (χ3n) is 9.91. The summed E-state index contributed by atoms with van der Waals surface area (Å²) in [6, 6.07) is 23.1. The van der Waals surface area contributed by atoms with Crippen molar-refractivity contribution < 1.29 is 36.3 Å². The molecule has 3 aromatic carbocycles. The lowest BCUT2D eigenvalue weighted by molar-refractivity contribution is -0.137. The van der Waals surface area contributed by atoms with Crippen molar-refractivity contribution in [1.82, 2.24) is 24.8 Å². The van der Waals surface area contributed by atoms with E-state index in [1.807, 2.05) is 37.3 Å². The van der Waals surface area contributed by atoms with Crippen molar-refractivity contribution in [3.63, 3.8) is 0 Å². The van der Waals surface area contributed by atoms with Crippen LogP contribution in [0.15, 0.2) is 131 Å². The molecule has 1 aliphatic heterocycles. The molecule has 0 spiro atoms. The number of hydrogen-bond acceptors (Lipinski definition) is 12. The molecule has 8 rings (SSSR count). The highest BCUT2D eigenvalue weighted by atomic mass is 19.4. The van der Waals surface area contributed by atoms with E-state index in [-0.39, 0.29) is 24.2 Å². The molecule has 2 amide bonds. The molecule has 7 aromatic rings. The highest BCUT2D eigenvalue weighted by Crippen LogP contribution is 2.33. The van der Waals surface area contributed by atoms with E-state index < -0.39 is 11.7 Å². The number of nitrogens with zero attached hydrogens (tertiary/aromatic N) is 5. The van der Waals surface area contributed by atoms with Crippen molar-refractivity contribution in [2.45, 2.75) is 38.8 Å². The average Bonchev–Trinajstić information content (AvgIpc) is 4.09. The van der Waals surface area contributed by atoms with Gasteiger partial charge in [0.1, 0.15) is 5.75 Å². The smallest absolute Gasteiger partial charge is 0.416 e. The lowest BCUT2D eigenvalue weighted by Gasteiger charge is -2.14. The highest BCUT2D eigenvalue weighted by molar-refractivity contribution is 5.93. The molecule has 0 saturated carbocycles. The standard InChI is InChI=1S/C24H19F3N4O3.C22H25N5O2/c1-33-20-7-6-18(30-22(32)12-15-2-4-17(5-3-15)24(25,26)27)13-19(20)31-23-29-14-21(34-23)16-8-10-28-11-9-16;1-16-6-7-18(25-21(28)8-12-27-10-2-3-11-27)13-19(16)26-22-24-15-20(29-22)17-5-4-9-23-14-17/h2-11,13-14H,12H2,1H3,(H,29,31)(H,30,32);4-7,9,13-15H,2-3,8,10-12H2,1H3,(H,24,26)(H,25,28). The van der Waals surface area contributed by atoms with Gasteiger partial charge in [0, 0.05) is 65.9 Å². The summed E-state index contributed by atoms with van der Waals surface area (Å²) in [4.78, 5) is 43.6. The number of pyridine rings is 2. The topological polar surface area (TPSA) is 173 Å². The number of likely N-dealkylation sites (tertiary alicyclic amines) is 1. The lowest BCUT2D eigenvalue weighted by atomic mass is 10.1. The van der Waals surface area contributed by atoms with Crippen LogP contribution in [0, 0.1) is 6.92 Å². The van der Waals surface area contributed by atoms with Gasteiger partial charge in [0.2, 0.25) is 11.8 Å². The summed E-state index contributed by atoms with van der Waals surface area (Å²) in [5.41, 5.74) is 4.95. The summed E-state index contributed by atoms with van der Waals surface area (Å²) in [6.07, 6.45) is 8.44. The number of rotatable bonds is 14. The predicted molar refractivity (Wildman–Crippen MR) is 233 cm³/mol. The van der Waals surface area contributed by atoms with Crippen molar-refractivity contribution in [3.05, 3.63) is 139 Å². The Morgan fingerprint density at radius 2 is 1.37 bits per heavy atom. The molecule has 4 N–H and O–H groups in total. The molecule has 5 heterocycles. The Bertz CT molecular complexity index is 2600. The zero-order valence-electron chi connectivity index (χ0n) is 34.4. The van der Waals surface area contributed by atoms with E-state index in [4.69, 9.17) is 13.6 Å². The number of nitrogens with one attached hydrogen (secondary N) is 4. The average molecular weight is 860 g/mol. The van der Waals surface area contributed by atoms with E-state index >= 15 is 0 Å². The Balaban J connectivity index is 0.000000191. The quantitative estimate of drug-likeness (QED) is 0.0817. The number of amides is 2. The number of hydrogen-bond donors (Lipinski definition) is 4. The Morgan fingerprint density at radius 3 is 2.02 bits per heavy atom. The zero-order valence-corrected chi connectivity index (χ0v) is 34.4. The van der Waals surface area contributed by atoms with Gasteiger partial charge in [-0.25, -0.2) is 9.97 Å². The SMILES string of the molecule is COc1ccc(NC(=O)Cc2ccc(C(F)(F)F)cc2)cc1Nc1ncc(-c2ccncc2)o1.Cc1ccc(NC(=O)CCN2CCCC2)cc1Nc1ncc(-c2cccnc2)o1. The molecule has 63 heavy (non-hydrogen) atoms. The Labute approximate surface area is 361 Å². The maximum atomic E-state index is 12.7. The number of oxazole rings is 2. The van der Waals surface area contributed by atoms with Crippen LogP contribution in [-0.4, -0.2) is 63.4 Å². The van der Waals surface area contributed by atoms with Gasteiger partial charge in [-0.1, -0.05) is 18.2 Å². The molecule has 0 unspecified atom stereocenters. The van der Waals surface area contributed by atoms with Gasteiger partial charge in [-0.2, -0.15) is 13.2 Å². The summed E-state index contributed by atoms with van der Waals surface area (Å²) < 4.78 is 55.0. The van der Waals surface area contributed by atoms with E-state index in [2.05, 4.69) is 46.1 Å². The zero-order chi connectivity index (χ0) is 44.2. The van der Waals surface area contributed by atoms with Crippen molar-refractivity contribution >= 4 is 46.6 Å². The van der Waals surface area contributed by atoms with Gasteiger partial charge in [0.25, 0.3) is 12.0 Å². The fourth-order valence-electron chi connectivity index (χ4n) is 6.60. The summed E-state index contributed by atoms with van der Waals surface area (Å²) in [5, 5.41) is 11.9. The van der Waals surface area contributed by atoms with Gasteiger partial charge in [0.15, 0.2) is 11.5 Å². The fraction of sp³-hybridized carbons (Fsp3) is 0.217. The Kier molecular flexibility index (Phi) is 14.1. The summed E-state index contributed by atoms with van der Waals surface area (Å²) in [5.74, 6) is 1.33. The maximum Gasteiger partial charge on any atom is 0.416 e. The molecule has 1 fully saturated rings. The first-order chi connectivity index (χ1) is 30.5. The summed E-state index contributed by atoms with van der Waals surface area (Å²) in [6.45, 7) is 5.01. The largest absolute Gasteiger partial charge is 0.495 e. The molecule has 1 aliphatic rings. The van der Waals surface area contributed by atoms with Crippen LogP contribution in [0.25, 0.3) is 22.6 Å². The molecule has 4 aromatic heterocycles. The first kappa shape index (κ1) is 43.6. The molecule has 0 aliphatic carbocycles. The van der Waals surface area contributed by atoms with Crippen LogP contribution in [0.5, 0.6) is 5.75 Å². The summed E-state index contributed by atoms with van der Waals surface area (Å²) >= 11 is 0. The number of carbonyl (C=O) groups excluding carboxylic acids is 2. The monoisotopic (exact) mass is 859 g/mol. The summed E-state index contributed by atoms with van der Waals surface area (Å²) in [7, 11) is 1.50. The number of aryl methyl sites for hydroxylation is 1. The number of ether oxygens (including phenoxy) is 1. The molecule has 1 saturated heterocycles. The van der Waals surface area contributed by atoms with E-state index in [1.54, 1.807) is 67.5 Å². The van der Waals surface area contributed by atoms with E-state index in [9.17, 15) is 22.8 Å². The number of benzene rings is 3. The van der Waals surface area contributed by atoms with Gasteiger partial charge >= 0.3 is 6.18 Å². The Hall–Kier alpha value is -7.53. The van der Waals surface area contributed by atoms with Gasteiger partial charge in [-0.05, 0) is 111 Å². The first-order valence-corrected chi connectivity index (χ1v) is 20.0. The normalized spacial score (nSPS) is 12.5. The van der Waals surface area contributed by atoms with Crippen molar-refractivity contribution in [2.24, 2.45) is 0 Å². The van der Waals surface area contributed by atoms with Gasteiger partial charge in [0.05, 0.1) is 37.2 Å². The minimum atomic E-state index is -4.42. The van der Waals surface area contributed by atoms with Crippen LogP contribution in [0.1, 0.15) is 36.0 Å². The lowest BCUT2D eigenvalue weighted by Crippen LogP contribution is -2.25. The van der Waals surface area contributed by atoms with Gasteiger partial charge in [-0.15, -0.1) is 0 Å². The third kappa shape index (κ3) is 12.3. The number of carbonyl (C=O) groups is 2. The maximum absolute atomic E-state index is 12.7. The number of halogens is 3. The number of methoxy groups -OCH3 is 1. The van der Waals surface area contributed by atoms with E-state index in [1.165, 1.54) is 32.1 Å². The van der Waals surface area contributed by atoms with Crippen LogP contribution in [0.3, 0.4) is 0 Å². The fourth-order valence-corrected chi connectivity index (χ4v) is 6.60. The van der Waals surface area contributed by atoms with E-state index in [0.717, 1.165) is 59.8 Å². The highest BCUT2D eigenvalue weighted by Gasteiger charge is 2.30. The second-order valence-electron chi connectivity index (χ2n) is 14.5. The van der Waals surface area contributed by atoms with Crippen LogP contribution >= 0.6 is 0 Å². The molecular weight excluding hydrogens is 816 g/mol. The van der Waals surface area contributed by atoms with Crippen LogP contribution in [0.2, 0.25) is 0 Å². The molecule has 324 valence electrons. The van der Waals surface area contributed by atoms with Crippen molar-refractivity contribution in [3.8, 4) is 28.4 Å². The first-order valence-electron chi connectivity index (χ1n) is 20.0. The van der Waals surface area contributed by atoms with Crippen LogP contribution < -0.4 is 26.0 Å². The number of alkyl halides is 3. The predicted octanol–water partition coefficient (Wildman–Crippen LogP) is 9.90. The van der Waals surface area contributed by atoms with Crippen LogP contribution in [0.4, 0.5) is 48.0 Å². The molecular formula is C46H44F3N9O5. The van der Waals surface area contributed by atoms with Crippen molar-refractivity contribution in [1.29, 1.82) is 0 Å². The molecule has 17 heteroatoms. The minimum absolute atomic E-state index is 0.0293.